The predicted octanol–water partition coefficient (Wildman–Crippen LogP) is 7.33. The molecular formula is C36H39BrClN3O4S. The van der Waals surface area contributed by atoms with E-state index in [1.807, 2.05) is 75.4 Å². The first kappa shape index (κ1) is 35.2. The number of carbonyl (C=O) groups excluding carboxylic acids is 2. The molecule has 4 aromatic carbocycles. The molecule has 0 saturated heterocycles. The van der Waals surface area contributed by atoms with Crippen molar-refractivity contribution in [3.63, 3.8) is 0 Å². The largest absolute Gasteiger partial charge is 0.354 e. The Morgan fingerprint density at radius 3 is 2.17 bits per heavy atom. The molecule has 1 N–H and O–H groups in total. The number of nitrogens with zero attached hydrogens (tertiary/aromatic N) is 2. The zero-order valence-electron chi connectivity index (χ0n) is 26.4. The molecule has 0 aliphatic rings. The molecule has 0 radical (unpaired) electrons. The second-order valence-electron chi connectivity index (χ2n) is 11.8. The highest BCUT2D eigenvalue weighted by Gasteiger charge is 2.35. The van der Waals surface area contributed by atoms with Gasteiger partial charge in [0.15, 0.2) is 0 Å². The van der Waals surface area contributed by atoms with E-state index in [9.17, 15) is 18.0 Å². The third kappa shape index (κ3) is 9.21. The first-order valence-corrected chi connectivity index (χ1v) is 17.7. The lowest BCUT2D eigenvalue weighted by molar-refractivity contribution is -0.140. The van der Waals surface area contributed by atoms with Crippen LogP contribution in [0, 0.1) is 19.8 Å². The first-order valence-electron chi connectivity index (χ1n) is 15.1. The Labute approximate surface area is 285 Å². The molecule has 0 aliphatic heterocycles. The van der Waals surface area contributed by atoms with Crippen molar-refractivity contribution in [3.05, 3.63) is 129 Å². The molecule has 0 heterocycles. The summed E-state index contributed by atoms with van der Waals surface area (Å²) in [4.78, 5) is 30.0. The lowest BCUT2D eigenvalue weighted by Gasteiger charge is -2.34. The summed E-state index contributed by atoms with van der Waals surface area (Å²) in [5, 5.41) is 3.45. The van der Waals surface area contributed by atoms with Gasteiger partial charge in [-0.15, -0.1) is 0 Å². The maximum absolute atomic E-state index is 14.6. The van der Waals surface area contributed by atoms with Gasteiger partial charge in [0.2, 0.25) is 11.8 Å². The molecule has 2 amide bonds. The molecule has 1 atom stereocenters. The van der Waals surface area contributed by atoms with Crippen molar-refractivity contribution in [3.8, 4) is 0 Å². The summed E-state index contributed by atoms with van der Waals surface area (Å²) in [6.07, 6.45) is 0.245. The van der Waals surface area contributed by atoms with Crippen LogP contribution in [-0.4, -0.2) is 44.3 Å². The van der Waals surface area contributed by atoms with Crippen LogP contribution >= 0.6 is 27.5 Å². The average molecular weight is 725 g/mol. The number of hydrogen-bond acceptors (Lipinski definition) is 4. The normalized spacial score (nSPS) is 12.1. The van der Waals surface area contributed by atoms with E-state index in [1.54, 1.807) is 37.3 Å². The van der Waals surface area contributed by atoms with Crippen molar-refractivity contribution in [2.75, 3.05) is 17.4 Å². The third-order valence-electron chi connectivity index (χ3n) is 7.51. The van der Waals surface area contributed by atoms with Gasteiger partial charge in [0.25, 0.3) is 10.0 Å². The van der Waals surface area contributed by atoms with Crippen molar-refractivity contribution >= 4 is 55.1 Å². The van der Waals surface area contributed by atoms with E-state index in [1.165, 1.54) is 17.0 Å². The predicted molar refractivity (Wildman–Crippen MR) is 188 cm³/mol. The van der Waals surface area contributed by atoms with Gasteiger partial charge < -0.3 is 10.2 Å². The molecule has 0 unspecified atom stereocenters. The number of rotatable bonds is 13. The zero-order valence-corrected chi connectivity index (χ0v) is 29.6. The topological polar surface area (TPSA) is 86.8 Å². The van der Waals surface area contributed by atoms with Crippen LogP contribution in [0.15, 0.2) is 106 Å². The van der Waals surface area contributed by atoms with Crippen LogP contribution in [0.2, 0.25) is 5.02 Å². The Bertz CT molecular complexity index is 1770. The summed E-state index contributed by atoms with van der Waals surface area (Å²) in [6.45, 7) is 7.61. The molecule has 0 saturated carbocycles. The van der Waals surface area contributed by atoms with Gasteiger partial charge >= 0.3 is 0 Å². The SMILES string of the molecule is Cc1ccc(S(=O)(=O)N(CC(=O)N(Cc2cccc(Br)c2)[C@@H](Cc2ccccc2)C(=O)NCC(C)C)c2ccc(Cl)cc2C)cc1. The number of hydrogen-bond donors (Lipinski definition) is 1. The second-order valence-corrected chi connectivity index (χ2v) is 15.0. The average Bonchev–Trinajstić information content (AvgIpc) is 3.01. The highest BCUT2D eigenvalue weighted by molar-refractivity contribution is 9.10. The van der Waals surface area contributed by atoms with Gasteiger partial charge in [-0.2, -0.15) is 0 Å². The summed E-state index contributed by atoms with van der Waals surface area (Å²) in [6, 6.07) is 27.4. The van der Waals surface area contributed by atoms with E-state index in [-0.39, 0.29) is 29.7 Å². The molecule has 10 heteroatoms. The van der Waals surface area contributed by atoms with Gasteiger partial charge in [-0.1, -0.05) is 102 Å². The van der Waals surface area contributed by atoms with Gasteiger partial charge in [0, 0.05) is 29.0 Å². The monoisotopic (exact) mass is 723 g/mol. The Morgan fingerprint density at radius 2 is 1.54 bits per heavy atom. The minimum atomic E-state index is -4.21. The van der Waals surface area contributed by atoms with E-state index in [2.05, 4.69) is 21.2 Å². The molecule has 0 aliphatic carbocycles. The minimum Gasteiger partial charge on any atom is -0.354 e. The van der Waals surface area contributed by atoms with E-state index in [0.717, 1.165) is 25.5 Å². The lowest BCUT2D eigenvalue weighted by atomic mass is 10.0. The van der Waals surface area contributed by atoms with Gasteiger partial charge in [-0.05, 0) is 78.9 Å². The summed E-state index contributed by atoms with van der Waals surface area (Å²) >= 11 is 9.75. The van der Waals surface area contributed by atoms with Crippen molar-refractivity contribution in [2.45, 2.75) is 51.6 Å². The van der Waals surface area contributed by atoms with Gasteiger partial charge in [0.1, 0.15) is 12.6 Å². The molecule has 4 rings (SSSR count). The summed E-state index contributed by atoms with van der Waals surface area (Å²) in [5.41, 5.74) is 3.47. The Kier molecular flexibility index (Phi) is 12.1. The zero-order chi connectivity index (χ0) is 33.4. The van der Waals surface area contributed by atoms with Gasteiger partial charge in [-0.3, -0.25) is 13.9 Å². The Hall–Kier alpha value is -3.66. The van der Waals surface area contributed by atoms with Crippen molar-refractivity contribution in [1.29, 1.82) is 0 Å². The maximum Gasteiger partial charge on any atom is 0.264 e. The third-order valence-corrected chi connectivity index (χ3v) is 10.0. The summed E-state index contributed by atoms with van der Waals surface area (Å²) < 4.78 is 30.4. The number of sulfonamides is 1. The van der Waals surface area contributed by atoms with Gasteiger partial charge in [-0.25, -0.2) is 8.42 Å². The number of halogens is 2. The standard InChI is InChI=1S/C36H39BrClN3O4S/c1-25(2)22-39-36(43)34(21-28-9-6-5-7-10-28)40(23-29-11-8-12-30(37)20-29)35(42)24-41(33-18-15-31(38)19-27(33)4)46(44,45)32-16-13-26(3)14-17-32/h5-20,25,34H,21-24H2,1-4H3,(H,39,43)/t34-/m0/s1. The fourth-order valence-electron chi connectivity index (χ4n) is 5.06. The lowest BCUT2D eigenvalue weighted by Crippen LogP contribution is -2.53. The van der Waals surface area contributed by atoms with Crippen LogP contribution in [0.25, 0.3) is 0 Å². The number of anilines is 1. The van der Waals surface area contributed by atoms with Crippen molar-refractivity contribution < 1.29 is 18.0 Å². The van der Waals surface area contributed by atoms with Crippen molar-refractivity contribution in [2.24, 2.45) is 5.92 Å². The summed E-state index contributed by atoms with van der Waals surface area (Å²) in [5.74, 6) is -0.638. The van der Waals surface area contributed by atoms with Crippen LogP contribution in [0.1, 0.15) is 36.1 Å². The molecule has 46 heavy (non-hydrogen) atoms. The van der Waals surface area contributed by atoms with Crippen LogP contribution < -0.4 is 9.62 Å². The van der Waals surface area contributed by atoms with Crippen LogP contribution in [0.4, 0.5) is 5.69 Å². The molecule has 0 bridgehead atoms. The van der Waals surface area contributed by atoms with E-state index in [4.69, 9.17) is 11.6 Å². The highest BCUT2D eigenvalue weighted by atomic mass is 79.9. The van der Waals surface area contributed by atoms with E-state index >= 15 is 0 Å². The quantitative estimate of drug-likeness (QED) is 0.157. The molecule has 4 aromatic rings. The number of aryl methyl sites for hydroxylation is 2. The number of amides is 2. The van der Waals surface area contributed by atoms with E-state index < -0.39 is 28.5 Å². The van der Waals surface area contributed by atoms with Crippen LogP contribution in [0.3, 0.4) is 0 Å². The van der Waals surface area contributed by atoms with Gasteiger partial charge in [0.05, 0.1) is 10.6 Å². The minimum absolute atomic E-state index is 0.0503. The fourth-order valence-corrected chi connectivity index (χ4v) is 7.21. The number of carbonyl (C=O) groups is 2. The Morgan fingerprint density at radius 1 is 0.870 bits per heavy atom. The Balaban J connectivity index is 1.82. The maximum atomic E-state index is 14.6. The van der Waals surface area contributed by atoms with Crippen LogP contribution in [0.5, 0.6) is 0 Å². The van der Waals surface area contributed by atoms with E-state index in [0.29, 0.717) is 22.8 Å². The molecule has 0 spiro atoms. The number of nitrogens with one attached hydrogen (secondary N) is 1. The second kappa shape index (κ2) is 15.8. The highest BCUT2D eigenvalue weighted by Crippen LogP contribution is 2.30. The fraction of sp³-hybridized carbons (Fsp3) is 0.278. The van der Waals surface area contributed by atoms with Crippen molar-refractivity contribution in [1.82, 2.24) is 10.2 Å². The summed E-state index contributed by atoms with van der Waals surface area (Å²) in [7, 11) is -4.21. The molecular weight excluding hydrogens is 686 g/mol. The van der Waals surface area contributed by atoms with Crippen LogP contribution in [-0.2, 0) is 32.6 Å². The smallest absolute Gasteiger partial charge is 0.264 e. The molecule has 0 fully saturated rings. The molecule has 242 valence electrons. The number of benzene rings is 4. The molecule has 0 aromatic heterocycles. The molecule has 7 nitrogen and oxygen atoms in total. The first-order chi connectivity index (χ1) is 21.8.